The van der Waals surface area contributed by atoms with E-state index in [1.165, 1.54) is 11.1 Å². The van der Waals surface area contributed by atoms with E-state index in [9.17, 15) is 0 Å². The normalized spacial score (nSPS) is 16.2. The molecular weight excluding hydrogens is 388 g/mol. The fourth-order valence-electron chi connectivity index (χ4n) is 3.55. The largest absolute Gasteiger partial charge is 0.376 e. The third kappa shape index (κ3) is 7.52. The number of nitrogens with one attached hydrogen (secondary N) is 2. The minimum absolute atomic E-state index is 0.376. The van der Waals surface area contributed by atoms with Crippen molar-refractivity contribution in [3.8, 4) is 0 Å². The number of aromatic nitrogens is 1. The predicted octanol–water partition coefficient (Wildman–Crippen LogP) is 2.35. The van der Waals surface area contributed by atoms with Gasteiger partial charge in [-0.2, -0.15) is 0 Å². The number of nitrogens with zero attached hydrogens (tertiary/aromatic N) is 4. The molecule has 7 heteroatoms. The molecule has 1 aromatic carbocycles. The maximum atomic E-state index is 5.85. The third-order valence-corrected chi connectivity index (χ3v) is 5.47. The van der Waals surface area contributed by atoms with Gasteiger partial charge in [-0.15, -0.1) is 0 Å². The first kappa shape index (κ1) is 23.0. The summed E-state index contributed by atoms with van der Waals surface area (Å²) >= 11 is 0. The van der Waals surface area contributed by atoms with Crippen LogP contribution in [0.5, 0.6) is 0 Å². The number of piperazine rings is 1. The second-order valence-corrected chi connectivity index (χ2v) is 8.19. The quantitative estimate of drug-likeness (QED) is 0.476. The van der Waals surface area contributed by atoms with E-state index >= 15 is 0 Å². The topological polar surface area (TPSA) is 65.0 Å². The second-order valence-electron chi connectivity index (χ2n) is 8.19. The zero-order valence-electron chi connectivity index (χ0n) is 19.1. The van der Waals surface area contributed by atoms with E-state index in [2.05, 4.69) is 62.6 Å². The molecule has 0 saturated carbocycles. The molecule has 2 aromatic rings. The van der Waals surface area contributed by atoms with E-state index < -0.39 is 0 Å². The zero-order chi connectivity index (χ0) is 21.9. The Morgan fingerprint density at radius 2 is 1.87 bits per heavy atom. The molecule has 1 aromatic heterocycles. The van der Waals surface area contributed by atoms with E-state index in [4.69, 9.17) is 4.74 Å². The van der Waals surface area contributed by atoms with Crippen molar-refractivity contribution in [1.82, 2.24) is 20.5 Å². The average Bonchev–Trinajstić information content (AvgIpc) is 2.81. The van der Waals surface area contributed by atoms with Crippen molar-refractivity contribution in [1.29, 1.82) is 0 Å². The Bertz CT molecular complexity index is 805. The third-order valence-electron chi connectivity index (χ3n) is 5.47. The Morgan fingerprint density at radius 1 is 1.10 bits per heavy atom. The number of ether oxygens (including phenoxy) is 1. The van der Waals surface area contributed by atoms with E-state index in [0.717, 1.165) is 44.5 Å². The lowest BCUT2D eigenvalue weighted by Crippen LogP contribution is -2.45. The van der Waals surface area contributed by atoms with Crippen molar-refractivity contribution in [3.63, 3.8) is 0 Å². The fourth-order valence-corrected chi connectivity index (χ4v) is 3.55. The molecule has 1 aliphatic rings. The highest BCUT2D eigenvalue weighted by atomic mass is 16.5. The van der Waals surface area contributed by atoms with Gasteiger partial charge in [-0.25, -0.2) is 4.98 Å². The van der Waals surface area contributed by atoms with Crippen LogP contribution in [-0.4, -0.2) is 69.3 Å². The van der Waals surface area contributed by atoms with Crippen molar-refractivity contribution in [2.75, 3.05) is 58.3 Å². The fraction of sp³-hybridized carbons (Fsp3) is 0.500. The van der Waals surface area contributed by atoms with Crippen molar-refractivity contribution >= 4 is 11.8 Å². The lowest BCUT2D eigenvalue weighted by Gasteiger charge is -2.34. The van der Waals surface area contributed by atoms with Crippen LogP contribution in [0, 0.1) is 5.92 Å². The van der Waals surface area contributed by atoms with Gasteiger partial charge in [0.25, 0.3) is 0 Å². The molecule has 3 rings (SSSR count). The molecule has 1 atom stereocenters. The number of guanidine groups is 1. The van der Waals surface area contributed by atoms with Gasteiger partial charge in [0.05, 0.1) is 13.2 Å². The highest BCUT2D eigenvalue weighted by molar-refractivity contribution is 5.79. The molecule has 0 spiro atoms. The number of rotatable bonds is 9. The molecule has 0 bridgehead atoms. The molecule has 31 heavy (non-hydrogen) atoms. The maximum absolute atomic E-state index is 5.85. The smallest absolute Gasteiger partial charge is 0.191 e. The van der Waals surface area contributed by atoms with Gasteiger partial charge < -0.3 is 25.2 Å². The average molecular weight is 425 g/mol. The number of benzene rings is 1. The zero-order valence-corrected chi connectivity index (χ0v) is 19.1. The minimum atomic E-state index is 0.376. The molecular formula is C24H36N6O. The summed E-state index contributed by atoms with van der Waals surface area (Å²) in [7, 11) is 3.97. The van der Waals surface area contributed by atoms with Crippen molar-refractivity contribution < 1.29 is 4.74 Å². The molecule has 2 N–H and O–H groups in total. The van der Waals surface area contributed by atoms with Gasteiger partial charge in [0.2, 0.25) is 0 Å². The van der Waals surface area contributed by atoms with Crippen LogP contribution in [0.25, 0.3) is 0 Å². The highest BCUT2D eigenvalue weighted by Crippen LogP contribution is 2.18. The maximum Gasteiger partial charge on any atom is 0.191 e. The molecule has 168 valence electrons. The van der Waals surface area contributed by atoms with Crippen molar-refractivity contribution in [2.24, 2.45) is 10.9 Å². The Morgan fingerprint density at radius 3 is 2.61 bits per heavy atom. The Hall–Kier alpha value is -2.64. The van der Waals surface area contributed by atoms with Crippen LogP contribution in [0.3, 0.4) is 0 Å². The molecule has 0 radical (unpaired) electrons. The molecule has 1 saturated heterocycles. The molecule has 1 unspecified atom stereocenters. The Balaban J connectivity index is 1.42. The summed E-state index contributed by atoms with van der Waals surface area (Å²) in [6.07, 6.45) is 1.88. The van der Waals surface area contributed by atoms with E-state index in [1.54, 1.807) is 7.05 Å². The highest BCUT2D eigenvalue weighted by Gasteiger charge is 2.18. The van der Waals surface area contributed by atoms with E-state index in [0.29, 0.717) is 25.7 Å². The molecule has 7 nitrogen and oxygen atoms in total. The molecule has 1 aliphatic heterocycles. The summed E-state index contributed by atoms with van der Waals surface area (Å²) in [5, 5.41) is 6.84. The number of hydrogen-bond acceptors (Lipinski definition) is 5. The SMILES string of the molecule is CN=C(NCc1cccnc1N1CCN(C)CC1)NCC(C)COCc1ccccc1. The summed E-state index contributed by atoms with van der Waals surface area (Å²) < 4.78 is 5.85. The first-order chi connectivity index (χ1) is 15.2. The number of pyridine rings is 1. The number of aliphatic imine (C=N–C) groups is 1. The van der Waals surface area contributed by atoms with Gasteiger partial charge in [-0.1, -0.05) is 43.3 Å². The molecule has 0 amide bonds. The van der Waals surface area contributed by atoms with Crippen LogP contribution < -0.4 is 15.5 Å². The molecule has 0 aliphatic carbocycles. The van der Waals surface area contributed by atoms with E-state index in [1.807, 2.05) is 30.5 Å². The van der Waals surface area contributed by atoms with Crippen molar-refractivity contribution in [3.05, 3.63) is 59.8 Å². The minimum Gasteiger partial charge on any atom is -0.376 e. The first-order valence-electron chi connectivity index (χ1n) is 11.1. The number of anilines is 1. The predicted molar refractivity (Wildman–Crippen MR) is 127 cm³/mol. The lowest BCUT2D eigenvalue weighted by molar-refractivity contribution is 0.0931. The van der Waals surface area contributed by atoms with Crippen LogP contribution in [0.15, 0.2) is 53.7 Å². The van der Waals surface area contributed by atoms with Crippen LogP contribution in [0.4, 0.5) is 5.82 Å². The summed E-state index contributed by atoms with van der Waals surface area (Å²) in [5.41, 5.74) is 2.39. The number of likely N-dealkylation sites (N-methyl/N-ethyl adjacent to an activating group) is 1. The van der Waals surface area contributed by atoms with Gasteiger partial charge in [0.1, 0.15) is 5.82 Å². The monoisotopic (exact) mass is 424 g/mol. The van der Waals surface area contributed by atoms with Gasteiger partial charge >= 0.3 is 0 Å². The summed E-state index contributed by atoms with van der Waals surface area (Å²) in [4.78, 5) is 13.8. The van der Waals surface area contributed by atoms with Gasteiger partial charge in [-0.3, -0.25) is 4.99 Å². The Kier molecular flexibility index (Phi) is 9.12. The Labute approximate surface area is 186 Å². The van der Waals surface area contributed by atoms with Gasteiger partial charge in [0, 0.05) is 58.1 Å². The van der Waals surface area contributed by atoms with Crippen LogP contribution in [-0.2, 0) is 17.9 Å². The first-order valence-corrected chi connectivity index (χ1v) is 11.1. The van der Waals surface area contributed by atoms with Gasteiger partial charge in [-0.05, 0) is 24.6 Å². The van der Waals surface area contributed by atoms with Gasteiger partial charge in [0.15, 0.2) is 5.96 Å². The number of hydrogen-bond donors (Lipinski definition) is 2. The van der Waals surface area contributed by atoms with Crippen LogP contribution in [0.2, 0.25) is 0 Å². The lowest BCUT2D eigenvalue weighted by atomic mass is 10.2. The molecule has 1 fully saturated rings. The summed E-state index contributed by atoms with van der Waals surface area (Å²) in [5.74, 6) is 2.24. The van der Waals surface area contributed by atoms with Crippen LogP contribution in [0.1, 0.15) is 18.1 Å². The molecule has 2 heterocycles. The second kappa shape index (κ2) is 12.3. The van der Waals surface area contributed by atoms with Crippen LogP contribution >= 0.6 is 0 Å². The van der Waals surface area contributed by atoms with E-state index in [-0.39, 0.29) is 0 Å². The van der Waals surface area contributed by atoms with Crippen molar-refractivity contribution in [2.45, 2.75) is 20.1 Å². The summed E-state index contributed by atoms with van der Waals surface area (Å²) in [6, 6.07) is 14.4. The summed E-state index contributed by atoms with van der Waals surface area (Å²) in [6.45, 7) is 9.16. The standard InChI is InChI=1S/C24H36N6O/c1-20(18-31-19-21-8-5-4-6-9-21)16-27-24(25-2)28-17-22-10-7-11-26-23(22)30-14-12-29(3)13-15-30/h4-11,20H,12-19H2,1-3H3,(H2,25,27,28).